The van der Waals surface area contributed by atoms with E-state index in [9.17, 15) is 22.5 Å². The molecule has 212 valence electrons. The summed E-state index contributed by atoms with van der Waals surface area (Å²) in [5.41, 5.74) is 3.18. The number of benzene rings is 3. The number of amides is 1. The van der Waals surface area contributed by atoms with Crippen molar-refractivity contribution in [2.45, 2.75) is 59.5 Å². The second-order valence-corrected chi connectivity index (χ2v) is 11.3. The molecule has 0 spiro atoms. The Labute approximate surface area is 282 Å². The molecule has 10 heteroatoms. The SMILES string of the molecule is Cc1c(CC(=O)OC(C)(C)C)c(C)c([B-](F)(F)F)c(C)c1N(C)C(=O)OCC1c2ccccc2-c2ccccc21.[K+]. The van der Waals surface area contributed by atoms with Gasteiger partial charge in [-0.3, -0.25) is 9.69 Å². The third-order valence-corrected chi connectivity index (χ3v) is 7.44. The third-order valence-electron chi connectivity index (χ3n) is 7.44. The largest absolute Gasteiger partial charge is 1.00 e. The van der Waals surface area contributed by atoms with E-state index >= 15 is 0 Å². The molecule has 0 aromatic heterocycles. The molecule has 0 radical (unpaired) electrons. The second kappa shape index (κ2) is 12.6. The van der Waals surface area contributed by atoms with E-state index in [1.165, 1.54) is 20.9 Å². The Morgan fingerprint density at radius 1 is 0.878 bits per heavy atom. The molecule has 3 aromatic rings. The van der Waals surface area contributed by atoms with Crippen LogP contribution in [0.5, 0.6) is 0 Å². The van der Waals surface area contributed by atoms with Gasteiger partial charge in [-0.2, -0.15) is 0 Å². The summed E-state index contributed by atoms with van der Waals surface area (Å²) in [6.07, 6.45) is -1.12. The van der Waals surface area contributed by atoms with Crippen molar-refractivity contribution >= 4 is 30.2 Å². The first kappa shape index (κ1) is 33.4. The van der Waals surface area contributed by atoms with Crippen LogP contribution < -0.4 is 61.7 Å². The molecule has 1 aliphatic rings. The van der Waals surface area contributed by atoms with Crippen LogP contribution in [0.2, 0.25) is 0 Å². The van der Waals surface area contributed by atoms with Crippen molar-refractivity contribution in [3.8, 4) is 11.1 Å². The number of carbonyl (C=O) groups is 2. The van der Waals surface area contributed by atoms with E-state index in [2.05, 4.69) is 0 Å². The number of halogens is 3. The number of fused-ring (bicyclic) bond motifs is 3. The molecule has 0 fully saturated rings. The fourth-order valence-electron chi connectivity index (χ4n) is 5.84. The van der Waals surface area contributed by atoms with Crippen molar-refractivity contribution < 1.29 is 83.4 Å². The summed E-state index contributed by atoms with van der Waals surface area (Å²) < 4.78 is 54.1. The number of carbonyl (C=O) groups excluding carboxylic acids is 2. The van der Waals surface area contributed by atoms with E-state index in [1.807, 2.05) is 48.5 Å². The Hall–Kier alpha value is -2.11. The minimum absolute atomic E-state index is 0. The van der Waals surface area contributed by atoms with Gasteiger partial charge in [0.1, 0.15) is 12.2 Å². The predicted octanol–water partition coefficient (Wildman–Crippen LogP) is 3.94. The minimum Gasteiger partial charge on any atom is -0.460 e. The van der Waals surface area contributed by atoms with E-state index in [0.29, 0.717) is 5.56 Å². The molecule has 0 bridgehead atoms. The zero-order chi connectivity index (χ0) is 29.6. The quantitative estimate of drug-likeness (QED) is 0.322. The first-order valence-corrected chi connectivity index (χ1v) is 13.2. The number of anilines is 1. The fraction of sp³-hybridized carbons (Fsp3) is 0.355. The summed E-state index contributed by atoms with van der Waals surface area (Å²) in [6, 6.07) is 15.8. The minimum atomic E-state index is -5.43. The van der Waals surface area contributed by atoms with E-state index in [-0.39, 0.29) is 92.7 Å². The molecular formula is C31H34BF3KNO4. The standard InChI is InChI=1S/C31H34BF3NO4.K/c1-18-25(16-27(37)40-31(4,5)6)19(2)29(20(3)28(18)32(33,34)35)36(7)30(38)39-17-26-23-14-10-8-12-21(23)22-13-9-11-15-24(22)26;/h8-15,26H,16-17H2,1-7H3;/q-1;+1. The summed E-state index contributed by atoms with van der Waals surface area (Å²) in [7, 11) is 1.40. The monoisotopic (exact) mass is 591 g/mol. The van der Waals surface area contributed by atoms with Crippen LogP contribution in [-0.4, -0.2) is 38.3 Å². The summed E-state index contributed by atoms with van der Waals surface area (Å²) in [5, 5.41) is 0. The molecule has 5 nitrogen and oxygen atoms in total. The Bertz CT molecular complexity index is 1440. The maximum absolute atomic E-state index is 14.3. The Balaban J connectivity index is 0.00000462. The van der Waals surface area contributed by atoms with Gasteiger partial charge in [0.05, 0.1) is 6.42 Å². The van der Waals surface area contributed by atoms with Crippen LogP contribution in [0, 0.1) is 20.8 Å². The van der Waals surface area contributed by atoms with Gasteiger partial charge in [-0.1, -0.05) is 59.7 Å². The smallest absolute Gasteiger partial charge is 0.460 e. The molecule has 0 aliphatic heterocycles. The maximum atomic E-state index is 14.3. The second-order valence-electron chi connectivity index (χ2n) is 11.3. The van der Waals surface area contributed by atoms with E-state index in [4.69, 9.17) is 9.47 Å². The van der Waals surface area contributed by atoms with Gasteiger partial charge in [0.15, 0.2) is 0 Å². The predicted molar refractivity (Wildman–Crippen MR) is 152 cm³/mol. The molecule has 3 aromatic carbocycles. The topological polar surface area (TPSA) is 55.8 Å². The Morgan fingerprint density at radius 2 is 1.39 bits per heavy atom. The van der Waals surface area contributed by atoms with Gasteiger partial charge >= 0.3 is 70.4 Å². The van der Waals surface area contributed by atoms with Crippen molar-refractivity contribution in [3.63, 3.8) is 0 Å². The number of esters is 1. The fourth-order valence-corrected chi connectivity index (χ4v) is 5.84. The average Bonchev–Trinajstić information content (AvgIpc) is 3.17. The average molecular weight is 592 g/mol. The van der Waals surface area contributed by atoms with Crippen LogP contribution in [-0.2, 0) is 20.7 Å². The molecule has 4 rings (SSSR count). The zero-order valence-corrected chi connectivity index (χ0v) is 28.0. The van der Waals surface area contributed by atoms with Gasteiger partial charge < -0.3 is 22.4 Å². The van der Waals surface area contributed by atoms with Crippen LogP contribution in [0.1, 0.15) is 60.1 Å². The summed E-state index contributed by atoms with van der Waals surface area (Å²) in [5.74, 6) is -0.834. The van der Waals surface area contributed by atoms with E-state index in [1.54, 1.807) is 27.7 Å². The molecule has 0 heterocycles. The number of hydrogen-bond acceptors (Lipinski definition) is 4. The van der Waals surface area contributed by atoms with Gasteiger partial charge in [0.2, 0.25) is 0 Å². The molecule has 1 aliphatic carbocycles. The number of ether oxygens (including phenoxy) is 2. The molecule has 0 atom stereocenters. The molecule has 0 saturated carbocycles. The van der Waals surface area contributed by atoms with Gasteiger partial charge in [0.25, 0.3) is 0 Å². The van der Waals surface area contributed by atoms with E-state index in [0.717, 1.165) is 27.2 Å². The first-order chi connectivity index (χ1) is 18.6. The summed E-state index contributed by atoms with van der Waals surface area (Å²) in [6.45, 7) is 4.02. The molecule has 0 N–H and O–H groups in total. The van der Waals surface area contributed by atoms with Crippen molar-refractivity contribution in [2.24, 2.45) is 0 Å². The van der Waals surface area contributed by atoms with Gasteiger partial charge in [0, 0.05) is 18.7 Å². The van der Waals surface area contributed by atoms with Crippen molar-refractivity contribution in [1.82, 2.24) is 0 Å². The summed E-state index contributed by atoms with van der Waals surface area (Å²) in [4.78, 5) is 27.1. The van der Waals surface area contributed by atoms with Crippen LogP contribution in [0.3, 0.4) is 0 Å². The van der Waals surface area contributed by atoms with Crippen LogP contribution in [0.15, 0.2) is 48.5 Å². The molecule has 1 amide bonds. The van der Waals surface area contributed by atoms with Crippen LogP contribution in [0.25, 0.3) is 11.1 Å². The molecule has 0 saturated heterocycles. The molecule has 41 heavy (non-hydrogen) atoms. The van der Waals surface area contributed by atoms with Gasteiger partial charge in [-0.05, 0) is 74.9 Å². The number of rotatable bonds is 6. The normalized spacial score (nSPS) is 12.7. The van der Waals surface area contributed by atoms with Crippen LogP contribution in [0.4, 0.5) is 23.4 Å². The zero-order valence-electron chi connectivity index (χ0n) is 24.9. The Morgan fingerprint density at radius 3 is 1.88 bits per heavy atom. The number of nitrogens with zero attached hydrogens (tertiary/aromatic N) is 1. The molecular weight excluding hydrogens is 557 g/mol. The van der Waals surface area contributed by atoms with E-state index < -0.39 is 30.1 Å². The first-order valence-electron chi connectivity index (χ1n) is 13.2. The molecule has 0 unspecified atom stereocenters. The Kier molecular flexibility index (Phi) is 10.3. The third kappa shape index (κ3) is 6.94. The maximum Gasteiger partial charge on any atom is 1.00 e. The van der Waals surface area contributed by atoms with Crippen LogP contribution >= 0.6 is 0 Å². The van der Waals surface area contributed by atoms with Crippen molar-refractivity contribution in [2.75, 3.05) is 18.6 Å². The van der Waals surface area contributed by atoms with Crippen molar-refractivity contribution in [1.29, 1.82) is 0 Å². The van der Waals surface area contributed by atoms with Gasteiger partial charge in [-0.15, -0.1) is 5.46 Å². The number of hydrogen-bond donors (Lipinski definition) is 0. The summed E-state index contributed by atoms with van der Waals surface area (Å²) >= 11 is 0. The van der Waals surface area contributed by atoms with Crippen molar-refractivity contribution in [3.05, 3.63) is 81.9 Å². The van der Waals surface area contributed by atoms with Gasteiger partial charge in [-0.25, -0.2) is 4.79 Å².